The van der Waals surface area contributed by atoms with Crippen LogP contribution >= 0.6 is 0 Å². The lowest BCUT2D eigenvalue weighted by Gasteiger charge is -2.32. The molecule has 0 unspecified atom stereocenters. The monoisotopic (exact) mass is 380 g/mol. The number of nitrogens with one attached hydrogen (secondary N) is 1. The van der Waals surface area contributed by atoms with Crippen LogP contribution in [0.25, 0.3) is 0 Å². The molecule has 144 valence electrons. The molecule has 1 aromatic rings. The normalized spacial score (nSPS) is 22.3. The van der Waals surface area contributed by atoms with E-state index in [1.807, 2.05) is 6.92 Å². The molecular weight excluding hydrogens is 352 g/mol. The summed E-state index contributed by atoms with van der Waals surface area (Å²) in [5.74, 6) is 0.401. The number of rotatable bonds is 5. The van der Waals surface area contributed by atoms with Crippen LogP contribution in [0.15, 0.2) is 23.1 Å². The highest BCUT2D eigenvalue weighted by Gasteiger charge is 2.34. The van der Waals surface area contributed by atoms with Crippen molar-refractivity contribution in [2.24, 2.45) is 5.92 Å². The van der Waals surface area contributed by atoms with E-state index >= 15 is 0 Å². The molecular formula is C19H28N2O4S. The first-order chi connectivity index (χ1) is 12.4. The summed E-state index contributed by atoms with van der Waals surface area (Å²) in [6, 6.07) is 5.15. The largest absolute Gasteiger partial charge is 0.496 e. The highest BCUT2D eigenvalue weighted by Crippen LogP contribution is 2.27. The highest BCUT2D eigenvalue weighted by molar-refractivity contribution is 7.89. The van der Waals surface area contributed by atoms with E-state index in [4.69, 9.17) is 4.74 Å². The molecule has 0 aromatic heterocycles. The van der Waals surface area contributed by atoms with Crippen molar-refractivity contribution in [1.82, 2.24) is 9.62 Å². The first-order valence-electron chi connectivity index (χ1n) is 9.37. The van der Waals surface area contributed by atoms with Crippen molar-refractivity contribution in [2.45, 2.75) is 56.4 Å². The summed E-state index contributed by atoms with van der Waals surface area (Å²) in [5, 5.41) is 3.11. The molecule has 1 saturated carbocycles. The highest BCUT2D eigenvalue weighted by atomic mass is 32.2. The number of carbonyl (C=O) groups excluding carboxylic acids is 1. The molecule has 1 heterocycles. The third-order valence-corrected chi connectivity index (χ3v) is 7.32. The van der Waals surface area contributed by atoms with E-state index < -0.39 is 10.0 Å². The summed E-state index contributed by atoms with van der Waals surface area (Å²) >= 11 is 0. The van der Waals surface area contributed by atoms with Crippen LogP contribution < -0.4 is 10.1 Å². The molecule has 0 spiro atoms. The maximum Gasteiger partial charge on any atom is 0.243 e. The van der Waals surface area contributed by atoms with Crippen molar-refractivity contribution in [2.75, 3.05) is 20.2 Å². The van der Waals surface area contributed by atoms with Crippen LogP contribution in [-0.2, 0) is 14.8 Å². The lowest BCUT2D eigenvalue weighted by molar-refractivity contribution is -0.126. The van der Waals surface area contributed by atoms with Gasteiger partial charge < -0.3 is 10.1 Å². The molecule has 1 saturated heterocycles. The molecule has 2 fully saturated rings. The van der Waals surface area contributed by atoms with Gasteiger partial charge in [0.15, 0.2) is 0 Å². The number of carbonyl (C=O) groups is 1. The Labute approximate surface area is 156 Å². The standard InChI is InChI=1S/C19H28N2O4S/c1-14-12-17(9-10-18(14)25-2)26(23,24)21-11-5-6-15(13-21)19(22)20-16-7-3-4-8-16/h9-10,12,15-16H,3-8,11,13H2,1-2H3,(H,20,22)/t15-/m1/s1. The maximum absolute atomic E-state index is 13.0. The molecule has 1 aliphatic heterocycles. The van der Waals surface area contributed by atoms with Gasteiger partial charge in [0, 0.05) is 19.1 Å². The minimum Gasteiger partial charge on any atom is -0.496 e. The van der Waals surface area contributed by atoms with E-state index in [0.717, 1.165) is 37.7 Å². The van der Waals surface area contributed by atoms with E-state index in [2.05, 4.69) is 5.32 Å². The van der Waals surface area contributed by atoms with Gasteiger partial charge in [0.1, 0.15) is 5.75 Å². The van der Waals surface area contributed by atoms with E-state index in [1.165, 1.54) is 4.31 Å². The number of benzene rings is 1. The summed E-state index contributed by atoms with van der Waals surface area (Å²) in [7, 11) is -2.04. The summed E-state index contributed by atoms with van der Waals surface area (Å²) in [6.45, 7) is 2.54. The van der Waals surface area contributed by atoms with Gasteiger partial charge in [-0.1, -0.05) is 12.8 Å². The summed E-state index contributed by atoms with van der Waals surface area (Å²) in [4.78, 5) is 12.8. The molecule has 6 nitrogen and oxygen atoms in total. The zero-order valence-electron chi connectivity index (χ0n) is 15.5. The second-order valence-corrected chi connectivity index (χ2v) is 9.26. The molecule has 1 aliphatic carbocycles. The van der Waals surface area contributed by atoms with Crippen LogP contribution in [0, 0.1) is 12.8 Å². The van der Waals surface area contributed by atoms with Gasteiger partial charge in [-0.15, -0.1) is 0 Å². The summed E-state index contributed by atoms with van der Waals surface area (Å²) in [5.41, 5.74) is 0.779. The van der Waals surface area contributed by atoms with E-state index in [9.17, 15) is 13.2 Å². The Morgan fingerprint density at radius 1 is 1.19 bits per heavy atom. The Hall–Kier alpha value is -1.60. The van der Waals surface area contributed by atoms with Gasteiger partial charge in [-0.2, -0.15) is 4.31 Å². The Morgan fingerprint density at radius 3 is 2.58 bits per heavy atom. The van der Waals surface area contributed by atoms with Crippen molar-refractivity contribution >= 4 is 15.9 Å². The number of sulfonamides is 1. The van der Waals surface area contributed by atoms with Crippen LogP contribution in [0.1, 0.15) is 44.1 Å². The predicted octanol–water partition coefficient (Wildman–Crippen LogP) is 2.46. The number of amides is 1. The van der Waals surface area contributed by atoms with Gasteiger partial charge in [0.05, 0.1) is 17.9 Å². The van der Waals surface area contributed by atoms with E-state index in [-0.39, 0.29) is 29.3 Å². The third kappa shape index (κ3) is 4.04. The van der Waals surface area contributed by atoms with Crippen molar-refractivity contribution < 1.29 is 17.9 Å². The zero-order valence-corrected chi connectivity index (χ0v) is 16.3. The van der Waals surface area contributed by atoms with Crippen molar-refractivity contribution in [3.8, 4) is 5.75 Å². The molecule has 1 aromatic carbocycles. The van der Waals surface area contributed by atoms with Crippen LogP contribution in [0.5, 0.6) is 5.75 Å². The molecule has 2 aliphatic rings. The van der Waals surface area contributed by atoms with Gasteiger partial charge in [-0.3, -0.25) is 4.79 Å². The quantitative estimate of drug-likeness (QED) is 0.851. The summed E-state index contributed by atoms with van der Waals surface area (Å²) in [6.07, 6.45) is 5.83. The number of aryl methyl sites for hydroxylation is 1. The molecule has 26 heavy (non-hydrogen) atoms. The summed E-state index contributed by atoms with van der Waals surface area (Å²) < 4.78 is 32.7. The predicted molar refractivity (Wildman–Crippen MR) is 99.6 cm³/mol. The molecule has 7 heteroatoms. The first kappa shape index (κ1) is 19.2. The Bertz CT molecular complexity index is 757. The molecule has 0 radical (unpaired) electrons. The van der Waals surface area contributed by atoms with Gasteiger partial charge in [0.25, 0.3) is 0 Å². The number of piperidine rings is 1. The molecule has 1 atom stereocenters. The molecule has 1 amide bonds. The number of hydrogen-bond donors (Lipinski definition) is 1. The molecule has 0 bridgehead atoms. The van der Waals surface area contributed by atoms with E-state index in [1.54, 1.807) is 25.3 Å². The average molecular weight is 381 g/mol. The lowest BCUT2D eigenvalue weighted by Crippen LogP contribution is -2.47. The van der Waals surface area contributed by atoms with Crippen molar-refractivity contribution in [3.05, 3.63) is 23.8 Å². The first-order valence-corrected chi connectivity index (χ1v) is 10.8. The average Bonchev–Trinajstić information content (AvgIpc) is 3.14. The maximum atomic E-state index is 13.0. The fourth-order valence-corrected chi connectivity index (χ4v) is 5.53. The van der Waals surface area contributed by atoms with Crippen molar-refractivity contribution in [1.29, 1.82) is 0 Å². The van der Waals surface area contributed by atoms with Gasteiger partial charge in [0.2, 0.25) is 15.9 Å². The zero-order chi connectivity index (χ0) is 18.7. The molecule has 3 rings (SSSR count). The van der Waals surface area contributed by atoms with Gasteiger partial charge in [-0.05, 0) is 56.4 Å². The minimum absolute atomic E-state index is 0.00251. The lowest BCUT2D eigenvalue weighted by atomic mass is 9.98. The van der Waals surface area contributed by atoms with Gasteiger partial charge in [-0.25, -0.2) is 8.42 Å². The van der Waals surface area contributed by atoms with Crippen LogP contribution in [0.2, 0.25) is 0 Å². The Kier molecular flexibility index (Phi) is 5.87. The van der Waals surface area contributed by atoms with Crippen LogP contribution in [0.3, 0.4) is 0 Å². The van der Waals surface area contributed by atoms with Crippen LogP contribution in [-0.4, -0.2) is 44.9 Å². The fraction of sp³-hybridized carbons (Fsp3) is 0.632. The number of ether oxygens (including phenoxy) is 1. The Balaban J connectivity index is 1.71. The smallest absolute Gasteiger partial charge is 0.243 e. The minimum atomic E-state index is -3.61. The SMILES string of the molecule is COc1ccc(S(=O)(=O)N2CCC[C@@H](C(=O)NC3CCCC3)C2)cc1C. The molecule has 1 N–H and O–H groups in total. The third-order valence-electron chi connectivity index (χ3n) is 5.46. The van der Waals surface area contributed by atoms with Crippen LogP contribution in [0.4, 0.5) is 0 Å². The second kappa shape index (κ2) is 7.96. The van der Waals surface area contributed by atoms with E-state index in [0.29, 0.717) is 18.7 Å². The number of nitrogens with zero attached hydrogens (tertiary/aromatic N) is 1. The van der Waals surface area contributed by atoms with Crippen molar-refractivity contribution in [3.63, 3.8) is 0 Å². The Morgan fingerprint density at radius 2 is 1.92 bits per heavy atom. The number of hydrogen-bond acceptors (Lipinski definition) is 4. The number of methoxy groups -OCH3 is 1. The van der Waals surface area contributed by atoms with Gasteiger partial charge >= 0.3 is 0 Å². The topological polar surface area (TPSA) is 75.7 Å². The second-order valence-electron chi connectivity index (χ2n) is 7.32. The fourth-order valence-electron chi connectivity index (χ4n) is 3.92.